The molecule has 38 heavy (non-hydrogen) atoms. The van der Waals surface area contributed by atoms with Gasteiger partial charge in [0.05, 0.1) is 17.9 Å². The van der Waals surface area contributed by atoms with Crippen molar-refractivity contribution in [2.24, 2.45) is 0 Å². The Morgan fingerprint density at radius 2 is 1.68 bits per heavy atom. The van der Waals surface area contributed by atoms with Crippen LogP contribution in [0.15, 0.2) is 88.3 Å². The summed E-state index contributed by atoms with van der Waals surface area (Å²) in [7, 11) is 0. The van der Waals surface area contributed by atoms with Gasteiger partial charge < -0.3 is 10.1 Å². The number of halogens is 1. The van der Waals surface area contributed by atoms with Gasteiger partial charge in [0.25, 0.3) is 11.8 Å². The number of unbranched alkanes of at least 4 members (excludes halogenated alkanes) is 1. The molecule has 1 aliphatic heterocycles. The van der Waals surface area contributed by atoms with Crippen LogP contribution in [0.4, 0.5) is 11.4 Å². The molecular weight excluding hydrogens is 520 g/mol. The Labute approximate surface area is 232 Å². The summed E-state index contributed by atoms with van der Waals surface area (Å²) in [6.07, 6.45) is 3.82. The number of imide groups is 1. The first kappa shape index (κ1) is 27.5. The zero-order chi connectivity index (χ0) is 27.1. The van der Waals surface area contributed by atoms with Gasteiger partial charge in [-0.3, -0.25) is 9.59 Å². The summed E-state index contributed by atoms with van der Waals surface area (Å²) in [6.45, 7) is 4.38. The van der Waals surface area contributed by atoms with Gasteiger partial charge in [0, 0.05) is 15.6 Å². The lowest BCUT2D eigenvalue weighted by atomic mass is 10.1. The summed E-state index contributed by atoms with van der Waals surface area (Å²) >= 11 is 7.22. The maximum Gasteiger partial charge on any atom is 0.338 e. The van der Waals surface area contributed by atoms with Crippen molar-refractivity contribution in [3.05, 3.63) is 99.5 Å². The molecule has 1 heterocycles. The molecule has 0 radical (unpaired) electrons. The van der Waals surface area contributed by atoms with E-state index in [2.05, 4.69) is 12.2 Å². The third-order valence-electron chi connectivity index (χ3n) is 5.89. The average Bonchev–Trinajstić information content (AvgIpc) is 3.16. The number of amides is 2. The summed E-state index contributed by atoms with van der Waals surface area (Å²) in [5.41, 5.74) is 2.65. The van der Waals surface area contributed by atoms with Crippen molar-refractivity contribution in [1.29, 1.82) is 0 Å². The Balaban J connectivity index is 1.66. The molecule has 3 aromatic rings. The summed E-state index contributed by atoms with van der Waals surface area (Å²) in [6, 6.07) is 21.3. The van der Waals surface area contributed by atoms with Gasteiger partial charge in [-0.05, 0) is 79.4 Å². The zero-order valence-corrected chi connectivity index (χ0v) is 22.9. The number of nitrogens with one attached hydrogen (secondary N) is 1. The van der Waals surface area contributed by atoms with E-state index in [0.717, 1.165) is 29.7 Å². The summed E-state index contributed by atoms with van der Waals surface area (Å²) < 4.78 is 5.24. The largest absolute Gasteiger partial charge is 0.462 e. The molecule has 0 saturated carbocycles. The van der Waals surface area contributed by atoms with Crippen LogP contribution in [0.25, 0.3) is 0 Å². The summed E-state index contributed by atoms with van der Waals surface area (Å²) in [5.74, 6) is -1.33. The zero-order valence-electron chi connectivity index (χ0n) is 21.3. The molecule has 0 bridgehead atoms. The predicted octanol–water partition coefficient (Wildman–Crippen LogP) is 7.24. The van der Waals surface area contributed by atoms with Crippen molar-refractivity contribution >= 4 is 52.5 Å². The van der Waals surface area contributed by atoms with E-state index in [4.69, 9.17) is 16.3 Å². The van der Waals surface area contributed by atoms with Crippen LogP contribution in [0.3, 0.4) is 0 Å². The van der Waals surface area contributed by atoms with Gasteiger partial charge in [-0.25, -0.2) is 9.69 Å². The van der Waals surface area contributed by atoms with E-state index in [1.807, 2.05) is 19.1 Å². The van der Waals surface area contributed by atoms with Gasteiger partial charge in [-0.2, -0.15) is 0 Å². The smallest absolute Gasteiger partial charge is 0.338 e. The molecule has 0 aromatic heterocycles. The monoisotopic (exact) mass is 548 g/mol. The second-order valence-corrected chi connectivity index (χ2v) is 10.3. The summed E-state index contributed by atoms with van der Waals surface area (Å²) in [5, 5.41) is 3.68. The van der Waals surface area contributed by atoms with E-state index in [9.17, 15) is 14.4 Å². The Morgan fingerprint density at radius 1 is 0.947 bits per heavy atom. The van der Waals surface area contributed by atoms with Crippen LogP contribution in [0.2, 0.25) is 5.02 Å². The van der Waals surface area contributed by atoms with Crippen LogP contribution in [0.5, 0.6) is 0 Å². The van der Waals surface area contributed by atoms with Crippen LogP contribution < -0.4 is 10.2 Å². The van der Waals surface area contributed by atoms with E-state index >= 15 is 0 Å². The minimum absolute atomic E-state index is 0.143. The number of nitrogens with zero attached hydrogens (tertiary/aromatic N) is 1. The van der Waals surface area contributed by atoms with Gasteiger partial charge in [-0.15, -0.1) is 0 Å². The van der Waals surface area contributed by atoms with E-state index in [1.54, 1.807) is 60.7 Å². The highest BCUT2D eigenvalue weighted by molar-refractivity contribution is 8.04. The fourth-order valence-electron chi connectivity index (χ4n) is 3.91. The van der Waals surface area contributed by atoms with Gasteiger partial charge in [0.15, 0.2) is 0 Å². The maximum absolute atomic E-state index is 13.7. The second kappa shape index (κ2) is 12.8. The minimum Gasteiger partial charge on any atom is -0.462 e. The van der Waals surface area contributed by atoms with Crippen molar-refractivity contribution in [2.75, 3.05) is 16.8 Å². The van der Waals surface area contributed by atoms with Crippen molar-refractivity contribution in [2.45, 2.75) is 44.4 Å². The molecule has 196 valence electrons. The standard InChI is InChI=1S/C30H29ClN2O4S/c1-3-5-7-20-10-14-24(15-11-20)33-28(34)26(27(29(33)35)38-25-16-12-22(31)13-17-25)32-23-9-6-8-21(19-23)30(36)37-18-4-2/h6,8-17,19,32H,3-5,7,18H2,1-2H3. The van der Waals surface area contributed by atoms with Gasteiger partial charge in [-0.1, -0.05) is 61.8 Å². The highest BCUT2D eigenvalue weighted by Gasteiger charge is 2.40. The number of thioether (sulfide) groups is 1. The predicted molar refractivity (Wildman–Crippen MR) is 153 cm³/mol. The Hall–Kier alpha value is -3.55. The molecular formula is C30H29ClN2O4S. The molecule has 6 nitrogen and oxygen atoms in total. The number of hydrogen-bond acceptors (Lipinski definition) is 6. The van der Waals surface area contributed by atoms with Gasteiger partial charge in [0.2, 0.25) is 0 Å². The van der Waals surface area contributed by atoms with Crippen molar-refractivity contribution in [1.82, 2.24) is 0 Å². The molecule has 0 unspecified atom stereocenters. The molecule has 1 aliphatic rings. The normalized spacial score (nSPS) is 13.3. The third kappa shape index (κ3) is 6.47. The fourth-order valence-corrected chi connectivity index (χ4v) is 4.96. The first-order chi connectivity index (χ1) is 18.4. The molecule has 1 N–H and O–H groups in total. The maximum atomic E-state index is 13.7. The Kier molecular flexibility index (Phi) is 9.26. The van der Waals surface area contributed by atoms with Crippen LogP contribution >= 0.6 is 23.4 Å². The highest BCUT2D eigenvalue weighted by atomic mass is 35.5. The van der Waals surface area contributed by atoms with E-state index in [0.29, 0.717) is 35.0 Å². The number of carbonyl (C=O) groups excluding carboxylic acids is 3. The van der Waals surface area contributed by atoms with Crippen molar-refractivity contribution < 1.29 is 19.1 Å². The lowest BCUT2D eigenvalue weighted by Crippen LogP contribution is -2.32. The third-order valence-corrected chi connectivity index (χ3v) is 7.24. The quantitative estimate of drug-likeness (QED) is 0.201. The number of aryl methyl sites for hydroxylation is 1. The van der Waals surface area contributed by atoms with E-state index in [1.165, 1.54) is 16.7 Å². The molecule has 8 heteroatoms. The molecule has 0 spiro atoms. The van der Waals surface area contributed by atoms with Crippen molar-refractivity contribution in [3.8, 4) is 0 Å². The first-order valence-corrected chi connectivity index (χ1v) is 13.8. The topological polar surface area (TPSA) is 75.7 Å². The van der Waals surface area contributed by atoms with E-state index in [-0.39, 0.29) is 10.6 Å². The number of rotatable bonds is 11. The highest BCUT2D eigenvalue weighted by Crippen LogP contribution is 2.38. The van der Waals surface area contributed by atoms with Crippen molar-refractivity contribution in [3.63, 3.8) is 0 Å². The number of esters is 1. The number of ether oxygens (including phenoxy) is 1. The van der Waals surface area contributed by atoms with E-state index < -0.39 is 17.8 Å². The SMILES string of the molecule is CCCCc1ccc(N2C(=O)C(Nc3cccc(C(=O)OCCC)c3)=C(Sc3ccc(Cl)cc3)C2=O)cc1. The van der Waals surface area contributed by atoms with Crippen LogP contribution in [0.1, 0.15) is 49.0 Å². The molecule has 0 atom stereocenters. The van der Waals surface area contributed by atoms with Crippen LogP contribution in [-0.4, -0.2) is 24.4 Å². The molecule has 3 aromatic carbocycles. The molecule has 2 amide bonds. The number of benzene rings is 3. The minimum atomic E-state index is -0.466. The number of carbonyl (C=O) groups is 3. The summed E-state index contributed by atoms with van der Waals surface area (Å²) in [4.78, 5) is 41.8. The Bertz CT molecular complexity index is 1350. The van der Waals surface area contributed by atoms with Gasteiger partial charge in [0.1, 0.15) is 10.6 Å². The number of anilines is 2. The first-order valence-electron chi connectivity index (χ1n) is 12.6. The lowest BCUT2D eigenvalue weighted by molar-refractivity contribution is -0.120. The second-order valence-electron chi connectivity index (χ2n) is 8.82. The Morgan fingerprint density at radius 3 is 2.37 bits per heavy atom. The number of hydrogen-bond donors (Lipinski definition) is 1. The molecule has 0 saturated heterocycles. The van der Waals surface area contributed by atoms with Crippen LogP contribution in [-0.2, 0) is 20.7 Å². The molecule has 4 rings (SSSR count). The van der Waals surface area contributed by atoms with Crippen LogP contribution in [0, 0.1) is 0 Å². The van der Waals surface area contributed by atoms with Gasteiger partial charge >= 0.3 is 5.97 Å². The lowest BCUT2D eigenvalue weighted by Gasteiger charge is -2.16. The average molecular weight is 549 g/mol. The fraction of sp³-hybridized carbons (Fsp3) is 0.233. The molecule has 0 fully saturated rings. The molecule has 0 aliphatic carbocycles.